The lowest BCUT2D eigenvalue weighted by Crippen LogP contribution is -2.45. The minimum atomic E-state index is -0.498. The smallest absolute Gasteiger partial charge is 0.327 e. The maximum atomic E-state index is 12.5. The lowest BCUT2D eigenvalue weighted by molar-refractivity contribution is -0.130. The van der Waals surface area contributed by atoms with Gasteiger partial charge in [-0.2, -0.15) is 0 Å². The van der Waals surface area contributed by atoms with Gasteiger partial charge in [0.25, 0.3) is 5.56 Å². The Morgan fingerprint density at radius 1 is 1.08 bits per heavy atom. The Kier molecular flexibility index (Phi) is 4.39. The summed E-state index contributed by atoms with van der Waals surface area (Å²) in [4.78, 5) is 42.0. The number of rotatable bonds is 4. The standard InChI is InChI=1S/C18H26N4O3/c23-16-9-15(20-18(25)21-16)22-6-5-14(10-22)19-17(24)13-7-12(8-13)11-3-1-2-4-11/h9,11-14H,1-8,10H2,(H,19,24)(H2,20,21,23,25)/t12?,13?,14-/m0/s1. The first-order valence-electron chi connectivity index (χ1n) is 9.47. The van der Waals surface area contributed by atoms with E-state index in [4.69, 9.17) is 0 Å². The van der Waals surface area contributed by atoms with Crippen molar-refractivity contribution in [2.24, 2.45) is 17.8 Å². The normalized spacial score (nSPS) is 29.6. The molecule has 1 amide bonds. The van der Waals surface area contributed by atoms with Gasteiger partial charge in [0.05, 0.1) is 0 Å². The molecular weight excluding hydrogens is 320 g/mol. The summed E-state index contributed by atoms with van der Waals surface area (Å²) in [5, 5.41) is 3.16. The summed E-state index contributed by atoms with van der Waals surface area (Å²) in [6, 6.07) is 1.48. The van der Waals surface area contributed by atoms with E-state index >= 15 is 0 Å². The Balaban J connectivity index is 1.27. The van der Waals surface area contributed by atoms with E-state index in [1.165, 1.54) is 31.7 Å². The van der Waals surface area contributed by atoms with E-state index < -0.39 is 11.2 Å². The lowest BCUT2D eigenvalue weighted by atomic mass is 9.67. The van der Waals surface area contributed by atoms with Crippen LogP contribution in [-0.2, 0) is 4.79 Å². The summed E-state index contributed by atoms with van der Waals surface area (Å²) < 4.78 is 0. The highest BCUT2D eigenvalue weighted by atomic mass is 16.2. The van der Waals surface area contributed by atoms with Crippen LogP contribution in [0.15, 0.2) is 15.7 Å². The van der Waals surface area contributed by atoms with Gasteiger partial charge in [-0.25, -0.2) is 4.79 Å². The monoisotopic (exact) mass is 346 g/mol. The SMILES string of the molecule is O=C(N[C@H]1CCN(c2cc(=O)[nH]c(=O)[nH]2)C1)C1CC(C2CCCC2)C1. The van der Waals surface area contributed by atoms with E-state index in [1.807, 2.05) is 4.90 Å². The second kappa shape index (κ2) is 6.69. The molecule has 3 aliphatic rings. The maximum Gasteiger partial charge on any atom is 0.327 e. The van der Waals surface area contributed by atoms with Gasteiger partial charge in [0.1, 0.15) is 5.82 Å². The molecule has 7 heteroatoms. The largest absolute Gasteiger partial charge is 0.356 e. The van der Waals surface area contributed by atoms with Crippen LogP contribution in [0, 0.1) is 17.8 Å². The quantitative estimate of drug-likeness (QED) is 0.757. The Morgan fingerprint density at radius 3 is 2.56 bits per heavy atom. The predicted molar refractivity (Wildman–Crippen MR) is 94.6 cm³/mol. The predicted octanol–water partition coefficient (Wildman–Crippen LogP) is 0.974. The molecule has 1 aromatic heterocycles. The second-order valence-corrected chi connectivity index (χ2v) is 7.89. The Labute approximate surface area is 146 Å². The number of nitrogens with one attached hydrogen (secondary N) is 3. The Bertz CT molecular complexity index is 715. The summed E-state index contributed by atoms with van der Waals surface area (Å²) in [5.74, 6) is 2.51. The molecule has 0 spiro atoms. The van der Waals surface area contributed by atoms with Gasteiger partial charge in [-0.3, -0.25) is 19.6 Å². The zero-order valence-electron chi connectivity index (χ0n) is 14.4. The van der Waals surface area contributed by atoms with Crippen molar-refractivity contribution < 1.29 is 4.79 Å². The van der Waals surface area contributed by atoms with Crippen LogP contribution in [0.3, 0.4) is 0 Å². The van der Waals surface area contributed by atoms with Gasteiger partial charge in [-0.05, 0) is 31.1 Å². The summed E-state index contributed by atoms with van der Waals surface area (Å²) in [6.07, 6.45) is 8.36. The average molecular weight is 346 g/mol. The maximum absolute atomic E-state index is 12.5. The molecule has 0 bridgehead atoms. The molecule has 7 nitrogen and oxygen atoms in total. The van der Waals surface area contributed by atoms with Gasteiger partial charge < -0.3 is 10.2 Å². The minimum Gasteiger partial charge on any atom is -0.356 e. The molecule has 3 fully saturated rings. The first-order chi connectivity index (χ1) is 12.1. The molecule has 25 heavy (non-hydrogen) atoms. The third-order valence-corrected chi connectivity index (χ3v) is 6.23. The molecule has 2 heterocycles. The Hall–Kier alpha value is -2.05. The molecule has 136 valence electrons. The van der Waals surface area contributed by atoms with Crippen LogP contribution in [-0.4, -0.2) is 35.0 Å². The van der Waals surface area contributed by atoms with Gasteiger partial charge in [0, 0.05) is 31.1 Å². The van der Waals surface area contributed by atoms with Gasteiger partial charge in [0.2, 0.25) is 5.91 Å². The van der Waals surface area contributed by atoms with Crippen molar-refractivity contribution in [2.45, 2.75) is 51.0 Å². The second-order valence-electron chi connectivity index (χ2n) is 7.89. The number of hydrogen-bond donors (Lipinski definition) is 3. The molecule has 0 radical (unpaired) electrons. The number of anilines is 1. The average Bonchev–Trinajstić information content (AvgIpc) is 3.16. The van der Waals surface area contributed by atoms with Crippen molar-refractivity contribution in [1.29, 1.82) is 0 Å². The van der Waals surface area contributed by atoms with E-state index in [0.717, 1.165) is 37.6 Å². The highest BCUT2D eigenvalue weighted by Crippen LogP contribution is 2.45. The number of H-pyrrole nitrogens is 2. The fraction of sp³-hybridized carbons (Fsp3) is 0.722. The van der Waals surface area contributed by atoms with E-state index in [0.29, 0.717) is 12.4 Å². The molecule has 1 aromatic rings. The number of carbonyl (C=O) groups excluding carboxylic acids is 1. The molecule has 2 aliphatic carbocycles. The molecular formula is C18H26N4O3. The molecule has 2 saturated carbocycles. The van der Waals surface area contributed by atoms with E-state index in [1.54, 1.807) is 0 Å². The zero-order valence-corrected chi connectivity index (χ0v) is 14.4. The number of amides is 1. The van der Waals surface area contributed by atoms with Gasteiger partial charge >= 0.3 is 5.69 Å². The van der Waals surface area contributed by atoms with E-state index in [-0.39, 0.29) is 17.9 Å². The van der Waals surface area contributed by atoms with Crippen molar-refractivity contribution in [3.05, 3.63) is 26.9 Å². The summed E-state index contributed by atoms with van der Waals surface area (Å²) in [5.41, 5.74) is -0.902. The fourth-order valence-electron chi connectivity index (χ4n) is 4.73. The third-order valence-electron chi connectivity index (χ3n) is 6.23. The zero-order chi connectivity index (χ0) is 17.4. The van der Waals surface area contributed by atoms with Crippen molar-refractivity contribution in [1.82, 2.24) is 15.3 Å². The minimum absolute atomic E-state index is 0.0841. The van der Waals surface area contributed by atoms with Crippen molar-refractivity contribution >= 4 is 11.7 Å². The van der Waals surface area contributed by atoms with Crippen LogP contribution in [0.25, 0.3) is 0 Å². The number of aromatic amines is 2. The summed E-state index contributed by atoms with van der Waals surface area (Å²) in [6.45, 7) is 1.35. The number of aromatic nitrogens is 2. The molecule has 3 N–H and O–H groups in total. The topological polar surface area (TPSA) is 98.1 Å². The van der Waals surface area contributed by atoms with Crippen molar-refractivity contribution in [2.75, 3.05) is 18.0 Å². The highest BCUT2D eigenvalue weighted by molar-refractivity contribution is 5.80. The van der Waals surface area contributed by atoms with E-state index in [9.17, 15) is 14.4 Å². The van der Waals surface area contributed by atoms with Gasteiger partial charge in [-0.1, -0.05) is 25.7 Å². The van der Waals surface area contributed by atoms with Crippen LogP contribution >= 0.6 is 0 Å². The molecule has 1 saturated heterocycles. The first-order valence-corrected chi connectivity index (χ1v) is 9.47. The third kappa shape index (κ3) is 3.50. The van der Waals surface area contributed by atoms with Crippen LogP contribution in [0.5, 0.6) is 0 Å². The molecule has 0 unspecified atom stereocenters. The molecule has 4 rings (SSSR count). The van der Waals surface area contributed by atoms with Crippen LogP contribution in [0.4, 0.5) is 5.82 Å². The first kappa shape index (κ1) is 16.4. The number of hydrogen-bond acceptors (Lipinski definition) is 4. The summed E-state index contributed by atoms with van der Waals surface area (Å²) >= 11 is 0. The lowest BCUT2D eigenvalue weighted by Gasteiger charge is -2.38. The van der Waals surface area contributed by atoms with Crippen LogP contribution < -0.4 is 21.5 Å². The van der Waals surface area contributed by atoms with E-state index in [2.05, 4.69) is 15.3 Å². The fourth-order valence-corrected chi connectivity index (χ4v) is 4.73. The van der Waals surface area contributed by atoms with Crippen molar-refractivity contribution in [3.8, 4) is 0 Å². The summed E-state index contributed by atoms with van der Waals surface area (Å²) in [7, 11) is 0. The van der Waals surface area contributed by atoms with Crippen LogP contribution in [0.2, 0.25) is 0 Å². The van der Waals surface area contributed by atoms with Gasteiger partial charge in [-0.15, -0.1) is 0 Å². The molecule has 1 atom stereocenters. The molecule has 0 aromatic carbocycles. The number of nitrogens with zero attached hydrogens (tertiary/aromatic N) is 1. The van der Waals surface area contributed by atoms with Crippen molar-refractivity contribution in [3.63, 3.8) is 0 Å². The highest BCUT2D eigenvalue weighted by Gasteiger charge is 2.40. The number of carbonyl (C=O) groups is 1. The molecule has 1 aliphatic heterocycles. The van der Waals surface area contributed by atoms with Crippen LogP contribution in [0.1, 0.15) is 44.9 Å². The Morgan fingerprint density at radius 2 is 1.84 bits per heavy atom. The van der Waals surface area contributed by atoms with Gasteiger partial charge in [0.15, 0.2) is 0 Å².